The van der Waals surface area contributed by atoms with Gasteiger partial charge in [0.15, 0.2) is 4.80 Å². The summed E-state index contributed by atoms with van der Waals surface area (Å²) in [6.45, 7) is 6.54. The van der Waals surface area contributed by atoms with Gasteiger partial charge in [-0.2, -0.15) is 0 Å². The lowest BCUT2D eigenvalue weighted by atomic mass is 9.96. The van der Waals surface area contributed by atoms with Crippen LogP contribution in [0.4, 0.5) is 0 Å². The smallest absolute Gasteiger partial charge is 0.338 e. The zero-order valence-electron chi connectivity index (χ0n) is 24.3. The molecule has 0 amide bonds. The van der Waals surface area contributed by atoms with Crippen molar-refractivity contribution in [3.63, 3.8) is 0 Å². The molecule has 6 nitrogen and oxygen atoms in total. The average molecular weight is 628 g/mol. The summed E-state index contributed by atoms with van der Waals surface area (Å²) < 4.78 is 9.89. The molecule has 9 heteroatoms. The van der Waals surface area contributed by atoms with Crippen LogP contribution in [0.5, 0.6) is 0 Å². The largest absolute Gasteiger partial charge is 0.463 e. The zero-order valence-corrected chi connectivity index (χ0v) is 26.6. The fourth-order valence-corrected chi connectivity index (χ4v) is 7.34. The lowest BCUT2D eigenvalue weighted by molar-refractivity contribution is -0.139. The van der Waals surface area contributed by atoms with Gasteiger partial charge in [-0.05, 0) is 74.6 Å². The Kier molecular flexibility index (Phi) is 8.18. The average Bonchev–Trinajstić information content (AvgIpc) is 3.45. The molecule has 3 heterocycles. The van der Waals surface area contributed by atoms with E-state index in [9.17, 15) is 9.59 Å². The fourth-order valence-electron chi connectivity index (χ4n) is 5.69. The predicted molar refractivity (Wildman–Crippen MR) is 176 cm³/mol. The van der Waals surface area contributed by atoms with Gasteiger partial charge in [0.05, 0.1) is 28.5 Å². The van der Waals surface area contributed by atoms with Crippen LogP contribution in [0, 0.1) is 6.92 Å². The first-order valence-electron chi connectivity index (χ1n) is 14.0. The summed E-state index contributed by atoms with van der Waals surface area (Å²) >= 11 is 9.26. The van der Waals surface area contributed by atoms with Crippen molar-refractivity contribution in [2.24, 2.45) is 4.99 Å². The van der Waals surface area contributed by atoms with Crippen molar-refractivity contribution in [1.82, 2.24) is 9.13 Å². The third kappa shape index (κ3) is 5.39. The molecule has 1 unspecified atom stereocenters. The summed E-state index contributed by atoms with van der Waals surface area (Å²) in [5.41, 5.74) is 5.76. The SMILES string of the molecule is CCOC(=O)C1=C(C)N=c2s/c(=C\c3c(C)n(Cc4cccc(Cl)c4)c4ccccc34)c(=O)n2C1c1ccc(SC)cc1. The van der Waals surface area contributed by atoms with E-state index in [1.807, 2.05) is 66.9 Å². The second kappa shape index (κ2) is 12.0. The van der Waals surface area contributed by atoms with Gasteiger partial charge in [-0.15, -0.1) is 11.8 Å². The molecule has 5 aromatic rings. The van der Waals surface area contributed by atoms with Crippen molar-refractivity contribution >= 4 is 57.6 Å². The molecule has 0 spiro atoms. The number of benzene rings is 3. The predicted octanol–water partition coefficient (Wildman–Crippen LogP) is 6.49. The highest BCUT2D eigenvalue weighted by Crippen LogP contribution is 2.32. The molecular formula is C34H30ClN3O3S2. The van der Waals surface area contributed by atoms with Crippen molar-refractivity contribution in [3.05, 3.63) is 131 Å². The van der Waals surface area contributed by atoms with Crippen LogP contribution >= 0.6 is 34.7 Å². The number of thiazole rings is 1. The number of ether oxygens (including phenoxy) is 1. The summed E-state index contributed by atoms with van der Waals surface area (Å²) in [5.74, 6) is -0.461. The van der Waals surface area contributed by atoms with Crippen LogP contribution in [0.2, 0.25) is 5.02 Å². The molecule has 1 aliphatic rings. The number of carbonyl (C=O) groups is 1. The summed E-state index contributed by atoms with van der Waals surface area (Å²) in [7, 11) is 0. The van der Waals surface area contributed by atoms with Gasteiger partial charge in [0.25, 0.3) is 5.56 Å². The van der Waals surface area contributed by atoms with Gasteiger partial charge in [0, 0.05) is 38.6 Å². The molecule has 43 heavy (non-hydrogen) atoms. The van der Waals surface area contributed by atoms with E-state index in [1.165, 1.54) is 11.3 Å². The molecule has 0 saturated carbocycles. The Morgan fingerprint density at radius 3 is 2.58 bits per heavy atom. The number of allylic oxidation sites excluding steroid dienone is 1. The number of aromatic nitrogens is 2. The molecule has 218 valence electrons. The molecule has 0 fully saturated rings. The van der Waals surface area contributed by atoms with Gasteiger partial charge in [-0.3, -0.25) is 9.36 Å². The first kappa shape index (κ1) is 29.2. The van der Waals surface area contributed by atoms with E-state index in [-0.39, 0.29) is 12.2 Å². The number of fused-ring (bicyclic) bond motifs is 2. The van der Waals surface area contributed by atoms with Crippen molar-refractivity contribution < 1.29 is 9.53 Å². The van der Waals surface area contributed by atoms with E-state index in [0.29, 0.717) is 32.2 Å². The molecule has 0 radical (unpaired) electrons. The van der Waals surface area contributed by atoms with Crippen molar-refractivity contribution in [1.29, 1.82) is 0 Å². The van der Waals surface area contributed by atoms with Gasteiger partial charge >= 0.3 is 5.97 Å². The highest BCUT2D eigenvalue weighted by Gasteiger charge is 2.33. The number of esters is 1. The van der Waals surface area contributed by atoms with Crippen LogP contribution in [-0.4, -0.2) is 28.0 Å². The molecule has 0 N–H and O–H groups in total. The third-order valence-electron chi connectivity index (χ3n) is 7.73. The Balaban J connectivity index is 1.54. The molecule has 0 saturated heterocycles. The van der Waals surface area contributed by atoms with Crippen molar-refractivity contribution in [3.8, 4) is 0 Å². The molecule has 1 atom stereocenters. The summed E-state index contributed by atoms with van der Waals surface area (Å²) in [6.07, 6.45) is 3.98. The Morgan fingerprint density at radius 2 is 1.86 bits per heavy atom. The van der Waals surface area contributed by atoms with Gasteiger partial charge < -0.3 is 9.30 Å². The number of nitrogens with zero attached hydrogens (tertiary/aromatic N) is 3. The highest BCUT2D eigenvalue weighted by atomic mass is 35.5. The van der Waals surface area contributed by atoms with Crippen LogP contribution in [0.1, 0.15) is 42.3 Å². The number of hydrogen-bond acceptors (Lipinski definition) is 6. The van der Waals surface area contributed by atoms with E-state index < -0.39 is 12.0 Å². The molecular weight excluding hydrogens is 598 g/mol. The van der Waals surface area contributed by atoms with E-state index in [1.54, 1.807) is 30.2 Å². The van der Waals surface area contributed by atoms with Gasteiger partial charge in [-0.1, -0.05) is 65.4 Å². The molecule has 2 aromatic heterocycles. The normalized spacial score (nSPS) is 15.1. The number of thioether (sulfide) groups is 1. The summed E-state index contributed by atoms with van der Waals surface area (Å²) in [4.78, 5) is 33.8. The maximum Gasteiger partial charge on any atom is 0.338 e. The van der Waals surface area contributed by atoms with Crippen LogP contribution in [0.25, 0.3) is 17.0 Å². The molecule has 1 aliphatic heterocycles. The first-order chi connectivity index (χ1) is 20.8. The topological polar surface area (TPSA) is 65.6 Å². The second-order valence-corrected chi connectivity index (χ2v) is 12.6. The number of para-hydroxylation sites is 1. The van der Waals surface area contributed by atoms with E-state index >= 15 is 0 Å². The van der Waals surface area contributed by atoms with Gasteiger partial charge in [0.1, 0.15) is 0 Å². The lowest BCUT2D eigenvalue weighted by Gasteiger charge is -2.24. The van der Waals surface area contributed by atoms with E-state index in [0.717, 1.165) is 38.2 Å². The Hall–Kier alpha value is -3.85. The number of hydrogen-bond donors (Lipinski definition) is 0. The minimum atomic E-state index is -0.640. The number of carbonyl (C=O) groups excluding carboxylic acids is 1. The Bertz CT molecular complexity index is 2090. The van der Waals surface area contributed by atoms with Crippen molar-refractivity contribution in [2.45, 2.75) is 38.3 Å². The minimum absolute atomic E-state index is 0.192. The minimum Gasteiger partial charge on any atom is -0.463 e. The third-order valence-corrected chi connectivity index (χ3v) is 9.70. The van der Waals surface area contributed by atoms with Crippen LogP contribution in [0.15, 0.2) is 98.7 Å². The first-order valence-corrected chi connectivity index (χ1v) is 16.4. The Labute approximate surface area is 262 Å². The quantitative estimate of drug-likeness (QED) is 0.153. The number of rotatable bonds is 7. The molecule has 0 aliphatic carbocycles. The van der Waals surface area contributed by atoms with Crippen LogP contribution in [-0.2, 0) is 16.1 Å². The van der Waals surface area contributed by atoms with Gasteiger partial charge in [-0.25, -0.2) is 9.79 Å². The van der Waals surface area contributed by atoms with Gasteiger partial charge in [0.2, 0.25) is 0 Å². The maximum atomic E-state index is 14.2. The van der Waals surface area contributed by atoms with Crippen LogP contribution in [0.3, 0.4) is 0 Å². The lowest BCUT2D eigenvalue weighted by Crippen LogP contribution is -2.39. The molecule has 3 aromatic carbocycles. The summed E-state index contributed by atoms with van der Waals surface area (Å²) in [5, 5.41) is 1.75. The molecule has 6 rings (SSSR count). The second-order valence-electron chi connectivity index (χ2n) is 10.3. The Morgan fingerprint density at radius 1 is 1.09 bits per heavy atom. The fraction of sp³-hybridized carbons (Fsp3) is 0.206. The monoisotopic (exact) mass is 627 g/mol. The summed E-state index contributed by atoms with van der Waals surface area (Å²) in [6, 6.07) is 23.4. The molecule has 0 bridgehead atoms. The van der Waals surface area contributed by atoms with Crippen LogP contribution < -0.4 is 14.9 Å². The van der Waals surface area contributed by atoms with E-state index in [4.69, 9.17) is 21.3 Å². The zero-order chi connectivity index (χ0) is 30.2. The van der Waals surface area contributed by atoms with E-state index in [2.05, 4.69) is 29.7 Å². The standard InChI is InChI=1S/C34H30ClN3O3S2/c1-5-41-33(40)30-20(2)36-34-38(31(30)23-13-15-25(42-4)16-14-23)32(39)29(43-34)18-27-21(3)37(28-12-7-6-11-26(27)28)19-22-9-8-10-24(35)17-22/h6-18,31H,5,19H2,1-4H3/b29-18-. The maximum absolute atomic E-state index is 14.2. The van der Waals surface area contributed by atoms with Crippen molar-refractivity contribution in [2.75, 3.05) is 12.9 Å². The highest BCUT2D eigenvalue weighted by molar-refractivity contribution is 7.98. The number of halogens is 1.